The summed E-state index contributed by atoms with van der Waals surface area (Å²) in [6.07, 6.45) is -4.11. The summed E-state index contributed by atoms with van der Waals surface area (Å²) in [6.45, 7) is 7.02. The maximum atomic E-state index is 11.7. The fourth-order valence-electron chi connectivity index (χ4n) is 0.870. The molecule has 0 saturated heterocycles. The third kappa shape index (κ3) is 11.7. The van der Waals surface area contributed by atoms with E-state index in [0.29, 0.717) is 13.1 Å². The van der Waals surface area contributed by atoms with Crippen molar-refractivity contribution in [3.05, 3.63) is 0 Å². The van der Waals surface area contributed by atoms with Gasteiger partial charge in [-0.15, -0.1) is 0 Å². The normalized spacial score (nSPS) is 13.3. The van der Waals surface area contributed by atoms with Gasteiger partial charge in [0.15, 0.2) is 0 Å². The Hall–Kier alpha value is -0.290. The van der Waals surface area contributed by atoms with E-state index in [1.54, 1.807) is 0 Å². The van der Waals surface area contributed by atoms with Crippen molar-refractivity contribution < 1.29 is 13.2 Å². The molecule has 0 aliphatic rings. The molecule has 0 bridgehead atoms. The zero-order chi connectivity index (χ0) is 11.2. The molecule has 0 aromatic heterocycles. The molecular weight excluding hydrogens is 193 g/mol. The van der Waals surface area contributed by atoms with Gasteiger partial charge in [-0.3, -0.25) is 0 Å². The summed E-state index contributed by atoms with van der Waals surface area (Å²) in [4.78, 5) is 0. The van der Waals surface area contributed by atoms with Crippen LogP contribution in [0.25, 0.3) is 0 Å². The number of alkyl halides is 3. The minimum atomic E-state index is -4.11. The van der Waals surface area contributed by atoms with Crippen molar-refractivity contribution in [1.29, 1.82) is 0 Å². The first-order chi connectivity index (χ1) is 6.21. The van der Waals surface area contributed by atoms with E-state index in [1.165, 1.54) is 0 Å². The average molecular weight is 212 g/mol. The molecule has 0 aliphatic heterocycles. The van der Waals surface area contributed by atoms with Gasteiger partial charge < -0.3 is 10.6 Å². The summed E-state index contributed by atoms with van der Waals surface area (Å²) in [6, 6.07) is 0. The van der Waals surface area contributed by atoms with Crippen LogP contribution in [0.1, 0.15) is 20.8 Å². The molecule has 0 amide bonds. The van der Waals surface area contributed by atoms with Gasteiger partial charge in [-0.1, -0.05) is 20.8 Å². The SMILES string of the molecule is CC(C)(C)CNCCNCC(F)(F)F. The Morgan fingerprint density at radius 1 is 0.857 bits per heavy atom. The van der Waals surface area contributed by atoms with Crippen LogP contribution in [-0.4, -0.2) is 32.4 Å². The molecule has 0 saturated carbocycles. The van der Waals surface area contributed by atoms with Crippen LogP contribution < -0.4 is 10.6 Å². The van der Waals surface area contributed by atoms with Gasteiger partial charge in [0.05, 0.1) is 6.54 Å². The van der Waals surface area contributed by atoms with Gasteiger partial charge >= 0.3 is 6.18 Å². The second-order valence-electron chi connectivity index (χ2n) is 4.53. The molecule has 2 N–H and O–H groups in total. The van der Waals surface area contributed by atoms with Gasteiger partial charge in [0.25, 0.3) is 0 Å². The van der Waals surface area contributed by atoms with Crippen molar-refractivity contribution in [2.24, 2.45) is 5.41 Å². The van der Waals surface area contributed by atoms with Crippen LogP contribution in [0, 0.1) is 5.41 Å². The smallest absolute Gasteiger partial charge is 0.315 e. The number of halogens is 3. The van der Waals surface area contributed by atoms with E-state index in [1.807, 2.05) is 0 Å². The van der Waals surface area contributed by atoms with Crippen LogP contribution in [0.2, 0.25) is 0 Å². The second kappa shape index (κ2) is 5.56. The van der Waals surface area contributed by atoms with E-state index >= 15 is 0 Å². The van der Waals surface area contributed by atoms with E-state index in [-0.39, 0.29) is 5.41 Å². The Labute approximate surface area is 83.3 Å². The molecule has 0 atom stereocenters. The lowest BCUT2D eigenvalue weighted by Gasteiger charge is -2.18. The van der Waals surface area contributed by atoms with Gasteiger partial charge in [0.2, 0.25) is 0 Å². The van der Waals surface area contributed by atoms with Crippen molar-refractivity contribution in [3.63, 3.8) is 0 Å². The second-order valence-corrected chi connectivity index (χ2v) is 4.53. The first-order valence-electron chi connectivity index (χ1n) is 4.69. The molecule has 0 aromatic rings. The lowest BCUT2D eigenvalue weighted by molar-refractivity contribution is -0.124. The Morgan fingerprint density at radius 3 is 1.64 bits per heavy atom. The summed E-state index contributed by atoms with van der Waals surface area (Å²) in [5.41, 5.74) is 0.171. The fourth-order valence-corrected chi connectivity index (χ4v) is 0.870. The van der Waals surface area contributed by atoms with E-state index in [4.69, 9.17) is 0 Å². The molecule has 5 heteroatoms. The highest BCUT2D eigenvalue weighted by Gasteiger charge is 2.25. The van der Waals surface area contributed by atoms with Gasteiger partial charge in [-0.05, 0) is 5.41 Å². The molecule has 0 spiro atoms. The zero-order valence-corrected chi connectivity index (χ0v) is 8.96. The predicted molar refractivity (Wildman–Crippen MR) is 51.2 cm³/mol. The summed E-state index contributed by atoms with van der Waals surface area (Å²) < 4.78 is 35.0. The first-order valence-corrected chi connectivity index (χ1v) is 4.69. The van der Waals surface area contributed by atoms with E-state index in [0.717, 1.165) is 6.54 Å². The Balaban J connectivity index is 3.23. The molecule has 86 valence electrons. The van der Waals surface area contributed by atoms with E-state index in [9.17, 15) is 13.2 Å². The molecule has 0 rings (SSSR count). The third-order valence-electron chi connectivity index (χ3n) is 1.46. The van der Waals surface area contributed by atoms with Crippen molar-refractivity contribution in [2.45, 2.75) is 26.9 Å². The average Bonchev–Trinajstić information content (AvgIpc) is 1.92. The molecule has 2 nitrogen and oxygen atoms in total. The van der Waals surface area contributed by atoms with Crippen LogP contribution in [0.5, 0.6) is 0 Å². The zero-order valence-electron chi connectivity index (χ0n) is 8.96. The van der Waals surface area contributed by atoms with Crippen molar-refractivity contribution in [1.82, 2.24) is 10.6 Å². The summed E-state index contributed by atoms with van der Waals surface area (Å²) in [5, 5.41) is 5.41. The van der Waals surface area contributed by atoms with Crippen molar-refractivity contribution in [2.75, 3.05) is 26.2 Å². The Kier molecular flexibility index (Phi) is 5.44. The lowest BCUT2D eigenvalue weighted by Crippen LogP contribution is -2.36. The maximum Gasteiger partial charge on any atom is 0.401 e. The molecule has 0 heterocycles. The fraction of sp³-hybridized carbons (Fsp3) is 1.00. The van der Waals surface area contributed by atoms with Crippen LogP contribution >= 0.6 is 0 Å². The van der Waals surface area contributed by atoms with Gasteiger partial charge in [0.1, 0.15) is 0 Å². The highest BCUT2D eigenvalue weighted by atomic mass is 19.4. The topological polar surface area (TPSA) is 24.1 Å². The largest absolute Gasteiger partial charge is 0.401 e. The number of hydrogen-bond acceptors (Lipinski definition) is 2. The standard InChI is InChI=1S/C9H19F3N2/c1-8(2,3)6-13-4-5-14-7-9(10,11)12/h13-14H,4-7H2,1-3H3. The van der Waals surface area contributed by atoms with E-state index in [2.05, 4.69) is 31.4 Å². The maximum absolute atomic E-state index is 11.7. The highest BCUT2D eigenvalue weighted by Crippen LogP contribution is 2.12. The van der Waals surface area contributed by atoms with Gasteiger partial charge in [-0.25, -0.2) is 0 Å². The van der Waals surface area contributed by atoms with E-state index < -0.39 is 12.7 Å². The third-order valence-corrected chi connectivity index (χ3v) is 1.46. The number of hydrogen-bond donors (Lipinski definition) is 2. The lowest BCUT2D eigenvalue weighted by atomic mass is 9.97. The predicted octanol–water partition coefficient (Wildman–Crippen LogP) is 1.77. The molecule has 0 fully saturated rings. The van der Waals surface area contributed by atoms with Crippen LogP contribution in [0.15, 0.2) is 0 Å². The van der Waals surface area contributed by atoms with Gasteiger partial charge in [0, 0.05) is 19.6 Å². The first kappa shape index (κ1) is 13.7. The molecule has 0 radical (unpaired) electrons. The molecule has 0 aliphatic carbocycles. The Morgan fingerprint density at radius 2 is 1.29 bits per heavy atom. The minimum absolute atomic E-state index is 0.171. The highest BCUT2D eigenvalue weighted by molar-refractivity contribution is 4.65. The van der Waals surface area contributed by atoms with Gasteiger partial charge in [-0.2, -0.15) is 13.2 Å². The number of nitrogens with one attached hydrogen (secondary N) is 2. The number of rotatable bonds is 5. The van der Waals surface area contributed by atoms with Crippen LogP contribution in [-0.2, 0) is 0 Å². The summed E-state index contributed by atoms with van der Waals surface area (Å²) >= 11 is 0. The summed E-state index contributed by atoms with van der Waals surface area (Å²) in [5.74, 6) is 0. The van der Waals surface area contributed by atoms with Crippen molar-refractivity contribution >= 4 is 0 Å². The summed E-state index contributed by atoms with van der Waals surface area (Å²) in [7, 11) is 0. The monoisotopic (exact) mass is 212 g/mol. The quantitative estimate of drug-likeness (QED) is 0.679. The van der Waals surface area contributed by atoms with Crippen LogP contribution in [0.3, 0.4) is 0 Å². The molecule has 0 aromatic carbocycles. The Bertz CT molecular complexity index is 131. The minimum Gasteiger partial charge on any atom is -0.315 e. The van der Waals surface area contributed by atoms with Crippen molar-refractivity contribution in [3.8, 4) is 0 Å². The van der Waals surface area contributed by atoms with Crippen LogP contribution in [0.4, 0.5) is 13.2 Å². The molecule has 14 heavy (non-hydrogen) atoms. The molecule has 0 unspecified atom stereocenters. The molecular formula is C9H19F3N2.